The Hall–Kier alpha value is -4.86. The number of benzene rings is 2. The van der Waals surface area contributed by atoms with Gasteiger partial charge in [0.05, 0.1) is 50.7 Å². The number of nitrogens with one attached hydrogen (secondary N) is 3. The average molecular weight is 1230 g/mol. The fourth-order valence-corrected chi connectivity index (χ4v) is 11.2. The van der Waals surface area contributed by atoms with Gasteiger partial charge < -0.3 is 44.4 Å². The van der Waals surface area contributed by atoms with Crippen LogP contribution in [0.2, 0.25) is 0 Å². The molecule has 0 saturated carbocycles. The number of rotatable bonds is 56. The van der Waals surface area contributed by atoms with Gasteiger partial charge in [-0.25, -0.2) is 0 Å². The van der Waals surface area contributed by atoms with E-state index in [2.05, 4.69) is 36.7 Å². The minimum Gasteiger partial charge on any atom is -0.463 e. The van der Waals surface area contributed by atoms with Crippen LogP contribution in [0.1, 0.15) is 296 Å². The van der Waals surface area contributed by atoms with Crippen molar-refractivity contribution in [3.63, 3.8) is 0 Å². The summed E-state index contributed by atoms with van der Waals surface area (Å²) in [5.74, 6) is -3.27. The zero-order valence-corrected chi connectivity index (χ0v) is 55.7. The standard InChI is InChI=1S/C73H121N3O12/c1-6-9-12-15-18-21-24-27-36-47-63(83-56-60-42-32-30-33-43-60)53-67(77)75-62(58-85-69(79)50-40-39-49-65-59-86-73(4,5)88-65)46-41-52-74-72(82)66(55-71(81)84-57-61-44-34-31-35-45-61)76-68(78)54-64(48-37-28-25-22-19-16-13-10-7-2)87-70(80)51-38-29-26-23-20-17-14-11-8-3/h30-35,42-45,62-66H,6-29,36-41,46-59H2,1-5H3,(H,74,82)(H,75,77)(H,76,78)/t62-,63-,64-,65?,66+/m1/s1. The first-order valence-corrected chi connectivity index (χ1v) is 35.2. The predicted octanol–water partition coefficient (Wildman–Crippen LogP) is 16.3. The Labute approximate surface area is 532 Å². The van der Waals surface area contributed by atoms with Gasteiger partial charge in [0.25, 0.3) is 0 Å². The van der Waals surface area contributed by atoms with Crippen LogP contribution in [-0.2, 0) is 70.4 Å². The van der Waals surface area contributed by atoms with Crippen molar-refractivity contribution in [1.29, 1.82) is 0 Å². The molecule has 1 fully saturated rings. The molecular weight excluding hydrogens is 1110 g/mol. The average Bonchev–Trinajstić information content (AvgIpc) is 3.90. The van der Waals surface area contributed by atoms with Gasteiger partial charge in [-0.2, -0.15) is 0 Å². The molecule has 2 aromatic rings. The van der Waals surface area contributed by atoms with Crippen molar-refractivity contribution in [3.05, 3.63) is 71.8 Å². The van der Waals surface area contributed by atoms with Crippen molar-refractivity contribution in [1.82, 2.24) is 16.0 Å². The molecule has 0 aromatic heterocycles. The molecule has 15 heteroatoms. The molecule has 15 nitrogen and oxygen atoms in total. The zero-order chi connectivity index (χ0) is 63.6. The summed E-state index contributed by atoms with van der Waals surface area (Å²) in [7, 11) is 0. The van der Waals surface area contributed by atoms with Gasteiger partial charge in [0.1, 0.15) is 25.4 Å². The van der Waals surface area contributed by atoms with Gasteiger partial charge in [0, 0.05) is 19.4 Å². The van der Waals surface area contributed by atoms with Crippen LogP contribution in [0.25, 0.3) is 0 Å². The number of hydrogen-bond donors (Lipinski definition) is 3. The van der Waals surface area contributed by atoms with E-state index in [1.54, 1.807) is 0 Å². The molecule has 1 unspecified atom stereocenters. The second kappa shape index (κ2) is 50.8. The number of ether oxygens (including phenoxy) is 6. The summed E-state index contributed by atoms with van der Waals surface area (Å²) < 4.78 is 35.5. The maximum absolute atomic E-state index is 14.1. The molecule has 5 atom stereocenters. The monoisotopic (exact) mass is 1230 g/mol. The third kappa shape index (κ3) is 41.4. The lowest BCUT2D eigenvalue weighted by Gasteiger charge is -2.23. The number of unbranched alkanes of at least 4 members (excludes halogenated alkanes) is 25. The van der Waals surface area contributed by atoms with Gasteiger partial charge in [-0.3, -0.25) is 28.8 Å². The Kier molecular flexibility index (Phi) is 44.7. The molecule has 1 aliphatic heterocycles. The van der Waals surface area contributed by atoms with Crippen LogP contribution in [0.15, 0.2) is 60.7 Å². The van der Waals surface area contributed by atoms with Gasteiger partial charge in [0.2, 0.25) is 17.7 Å². The maximum atomic E-state index is 14.1. The van der Waals surface area contributed by atoms with Crippen molar-refractivity contribution < 1.29 is 57.2 Å². The van der Waals surface area contributed by atoms with Gasteiger partial charge in [-0.05, 0) is 76.3 Å². The highest BCUT2D eigenvalue weighted by atomic mass is 16.7. The molecule has 0 spiro atoms. The first kappa shape index (κ1) is 77.4. The van der Waals surface area contributed by atoms with Crippen LogP contribution in [0.4, 0.5) is 0 Å². The quantitative estimate of drug-likeness (QED) is 0.0323. The van der Waals surface area contributed by atoms with E-state index >= 15 is 0 Å². The predicted molar refractivity (Wildman–Crippen MR) is 351 cm³/mol. The Morgan fingerprint density at radius 1 is 0.500 bits per heavy atom. The van der Waals surface area contributed by atoms with E-state index < -0.39 is 48.2 Å². The number of amides is 3. The van der Waals surface area contributed by atoms with Crippen LogP contribution >= 0.6 is 0 Å². The molecule has 88 heavy (non-hydrogen) atoms. The first-order chi connectivity index (χ1) is 42.8. The molecule has 3 N–H and O–H groups in total. The summed E-state index contributed by atoms with van der Waals surface area (Å²) in [6.45, 7) is 11.4. The molecule has 500 valence electrons. The fourth-order valence-electron chi connectivity index (χ4n) is 11.2. The fraction of sp³-hybridized carbons (Fsp3) is 0.753. The Morgan fingerprint density at radius 2 is 0.977 bits per heavy atom. The molecule has 1 aliphatic rings. The molecule has 1 heterocycles. The third-order valence-electron chi connectivity index (χ3n) is 16.5. The molecule has 0 bridgehead atoms. The van der Waals surface area contributed by atoms with E-state index in [9.17, 15) is 28.8 Å². The van der Waals surface area contributed by atoms with Gasteiger partial charge in [-0.15, -0.1) is 0 Å². The maximum Gasteiger partial charge on any atom is 0.308 e. The summed E-state index contributed by atoms with van der Waals surface area (Å²) in [5, 5.41) is 8.86. The van der Waals surface area contributed by atoms with Crippen LogP contribution in [0.5, 0.6) is 0 Å². The summed E-state index contributed by atoms with van der Waals surface area (Å²) in [4.78, 5) is 82.0. The van der Waals surface area contributed by atoms with E-state index in [1.165, 1.54) is 103 Å². The van der Waals surface area contributed by atoms with Gasteiger partial charge >= 0.3 is 17.9 Å². The van der Waals surface area contributed by atoms with E-state index in [0.29, 0.717) is 38.9 Å². The summed E-state index contributed by atoms with van der Waals surface area (Å²) in [5.41, 5.74) is 1.81. The second-order valence-electron chi connectivity index (χ2n) is 25.3. The minimum absolute atomic E-state index is 0.00212. The van der Waals surface area contributed by atoms with Crippen molar-refractivity contribution in [3.8, 4) is 0 Å². The van der Waals surface area contributed by atoms with Crippen molar-refractivity contribution in [2.24, 2.45) is 0 Å². The summed E-state index contributed by atoms with van der Waals surface area (Å²) in [6.07, 6.45) is 34.1. The van der Waals surface area contributed by atoms with E-state index in [1.807, 2.05) is 74.5 Å². The van der Waals surface area contributed by atoms with Crippen molar-refractivity contribution in [2.75, 3.05) is 19.8 Å². The lowest BCUT2D eigenvalue weighted by Crippen LogP contribution is -2.49. The van der Waals surface area contributed by atoms with E-state index in [4.69, 9.17) is 28.4 Å². The minimum atomic E-state index is -1.28. The lowest BCUT2D eigenvalue weighted by molar-refractivity contribution is -0.151. The highest BCUT2D eigenvalue weighted by Gasteiger charge is 2.32. The van der Waals surface area contributed by atoms with Gasteiger partial charge in [0.15, 0.2) is 5.79 Å². The zero-order valence-electron chi connectivity index (χ0n) is 55.7. The third-order valence-corrected chi connectivity index (χ3v) is 16.5. The molecule has 3 rings (SSSR count). The van der Waals surface area contributed by atoms with Crippen LogP contribution in [-0.4, -0.2) is 91.6 Å². The smallest absolute Gasteiger partial charge is 0.308 e. The van der Waals surface area contributed by atoms with Crippen LogP contribution in [0, 0.1) is 0 Å². The molecule has 2 aromatic carbocycles. The summed E-state index contributed by atoms with van der Waals surface area (Å²) >= 11 is 0. The van der Waals surface area contributed by atoms with Gasteiger partial charge in [-0.1, -0.05) is 248 Å². The highest BCUT2D eigenvalue weighted by Crippen LogP contribution is 2.26. The largest absolute Gasteiger partial charge is 0.463 e. The number of esters is 3. The first-order valence-electron chi connectivity index (χ1n) is 35.2. The Morgan fingerprint density at radius 3 is 1.52 bits per heavy atom. The van der Waals surface area contributed by atoms with Crippen LogP contribution in [0.3, 0.4) is 0 Å². The Bertz CT molecular complexity index is 2110. The molecule has 1 saturated heterocycles. The highest BCUT2D eigenvalue weighted by molar-refractivity contribution is 5.91. The number of hydrogen-bond acceptors (Lipinski definition) is 12. The van der Waals surface area contributed by atoms with E-state index in [-0.39, 0.29) is 75.5 Å². The van der Waals surface area contributed by atoms with Crippen LogP contribution < -0.4 is 16.0 Å². The Balaban J connectivity index is 1.70. The molecular formula is C73H121N3O12. The second-order valence-corrected chi connectivity index (χ2v) is 25.3. The SMILES string of the molecule is CCCCCCCCCCCC(=O)O[C@H](CCCCCCCCCCC)CC(=O)N[C@@H](CC(=O)OCc1ccccc1)C(=O)NCCC[C@H](COC(=O)CCCCC1COC(C)(C)O1)NC(=O)C[C@@H](CCCCCCCCCCC)OCc1ccccc1. The molecule has 3 amide bonds. The number of carbonyl (C=O) groups is 6. The van der Waals surface area contributed by atoms with Crippen molar-refractivity contribution >= 4 is 35.6 Å². The molecule has 0 radical (unpaired) electrons. The number of carbonyl (C=O) groups excluding carboxylic acids is 6. The lowest BCUT2D eigenvalue weighted by atomic mass is 10.0. The summed E-state index contributed by atoms with van der Waals surface area (Å²) in [6, 6.07) is 17.3. The van der Waals surface area contributed by atoms with E-state index in [0.717, 1.165) is 101 Å². The van der Waals surface area contributed by atoms with Crippen molar-refractivity contribution in [2.45, 2.75) is 334 Å². The normalized spacial score (nSPS) is 15.0. The molecule has 0 aliphatic carbocycles. The topological polar surface area (TPSA) is 194 Å².